The number of sulfonamides is 1. The van der Waals surface area contributed by atoms with Crippen LogP contribution in [0.5, 0.6) is 0 Å². The van der Waals surface area contributed by atoms with Crippen LogP contribution in [-0.2, 0) is 16.6 Å². The van der Waals surface area contributed by atoms with E-state index in [4.69, 9.17) is 11.6 Å². The molecule has 0 saturated carbocycles. The van der Waals surface area contributed by atoms with Crippen LogP contribution in [0.1, 0.15) is 30.9 Å². The van der Waals surface area contributed by atoms with Crippen LogP contribution >= 0.6 is 11.6 Å². The van der Waals surface area contributed by atoms with Crippen LogP contribution < -0.4 is 4.72 Å². The minimum absolute atomic E-state index is 0.121. The monoisotopic (exact) mass is 389 g/mol. The topological polar surface area (TPSA) is 64.0 Å². The van der Waals surface area contributed by atoms with Crippen molar-refractivity contribution in [3.63, 3.8) is 0 Å². The van der Waals surface area contributed by atoms with Crippen molar-refractivity contribution in [2.75, 3.05) is 4.72 Å². The Morgan fingerprint density at radius 3 is 2.35 bits per heavy atom. The van der Waals surface area contributed by atoms with Gasteiger partial charge in [-0.2, -0.15) is 5.10 Å². The van der Waals surface area contributed by atoms with Crippen LogP contribution in [0.3, 0.4) is 0 Å². The van der Waals surface area contributed by atoms with Crippen LogP contribution in [0, 0.1) is 0 Å². The standard InChI is InChI=1S/C19H20ClN3O2S/c1-14(2)16-8-10-17(11-9-16)26(24,25)22-19-18(20)13-23(21-19)12-15-6-4-3-5-7-15/h3-11,13-14H,12H2,1-2H3,(H,21,22). The van der Waals surface area contributed by atoms with Crippen molar-refractivity contribution in [3.05, 3.63) is 76.9 Å². The molecule has 3 rings (SSSR count). The van der Waals surface area contributed by atoms with Crippen molar-refractivity contribution in [1.29, 1.82) is 0 Å². The summed E-state index contributed by atoms with van der Waals surface area (Å²) in [7, 11) is -3.75. The SMILES string of the molecule is CC(C)c1ccc(S(=O)(=O)Nc2nn(Cc3ccccc3)cc2Cl)cc1. The van der Waals surface area contributed by atoms with Gasteiger partial charge in [0.1, 0.15) is 5.02 Å². The molecular formula is C19H20ClN3O2S. The molecule has 0 aliphatic rings. The average Bonchev–Trinajstić information content (AvgIpc) is 2.94. The summed E-state index contributed by atoms with van der Waals surface area (Å²) in [5.41, 5.74) is 2.12. The average molecular weight is 390 g/mol. The Morgan fingerprint density at radius 1 is 1.08 bits per heavy atom. The lowest BCUT2D eigenvalue weighted by Gasteiger charge is -2.09. The van der Waals surface area contributed by atoms with E-state index in [1.54, 1.807) is 23.0 Å². The molecule has 0 atom stereocenters. The second-order valence-electron chi connectivity index (χ2n) is 6.34. The quantitative estimate of drug-likeness (QED) is 0.674. The Bertz CT molecular complexity index is 981. The highest BCUT2D eigenvalue weighted by Crippen LogP contribution is 2.24. The number of anilines is 1. The largest absolute Gasteiger partial charge is 0.265 e. The van der Waals surface area contributed by atoms with Gasteiger partial charge in [0.2, 0.25) is 0 Å². The predicted octanol–water partition coefficient (Wildman–Crippen LogP) is 4.51. The number of benzene rings is 2. The molecule has 3 aromatic rings. The highest BCUT2D eigenvalue weighted by atomic mass is 35.5. The van der Waals surface area contributed by atoms with E-state index < -0.39 is 10.0 Å². The van der Waals surface area contributed by atoms with Crippen molar-refractivity contribution in [2.24, 2.45) is 0 Å². The van der Waals surface area contributed by atoms with Gasteiger partial charge in [-0.3, -0.25) is 9.40 Å². The lowest BCUT2D eigenvalue weighted by Crippen LogP contribution is -2.14. The molecule has 0 radical (unpaired) electrons. The lowest BCUT2D eigenvalue weighted by atomic mass is 10.0. The van der Waals surface area contributed by atoms with Crippen LogP contribution in [0.25, 0.3) is 0 Å². The molecule has 2 aromatic carbocycles. The first kappa shape index (κ1) is 18.5. The molecular weight excluding hydrogens is 370 g/mol. The van der Waals surface area contributed by atoms with Crippen molar-refractivity contribution in [3.8, 4) is 0 Å². The van der Waals surface area contributed by atoms with E-state index in [-0.39, 0.29) is 15.7 Å². The number of rotatable bonds is 6. The van der Waals surface area contributed by atoms with E-state index in [9.17, 15) is 8.42 Å². The number of hydrogen-bond donors (Lipinski definition) is 1. The molecule has 0 fully saturated rings. The van der Waals surface area contributed by atoms with Gasteiger partial charge in [0.05, 0.1) is 11.4 Å². The number of nitrogens with zero attached hydrogens (tertiary/aromatic N) is 2. The van der Waals surface area contributed by atoms with E-state index in [1.807, 2.05) is 42.5 Å². The van der Waals surface area contributed by atoms with Crippen molar-refractivity contribution in [1.82, 2.24) is 9.78 Å². The summed E-state index contributed by atoms with van der Waals surface area (Å²) >= 11 is 6.16. The maximum absolute atomic E-state index is 12.6. The minimum atomic E-state index is -3.75. The fourth-order valence-corrected chi connectivity index (χ4v) is 3.81. The molecule has 0 spiro atoms. The molecule has 26 heavy (non-hydrogen) atoms. The summed E-state index contributed by atoms with van der Waals surface area (Å²) in [5.74, 6) is 0.457. The predicted molar refractivity (Wildman–Crippen MR) is 104 cm³/mol. The zero-order valence-electron chi connectivity index (χ0n) is 14.6. The summed E-state index contributed by atoms with van der Waals surface area (Å²) in [5, 5.41) is 4.51. The summed E-state index contributed by atoms with van der Waals surface area (Å²) in [6, 6.07) is 16.5. The third-order valence-corrected chi connectivity index (χ3v) is 5.62. The lowest BCUT2D eigenvalue weighted by molar-refractivity contribution is 0.600. The van der Waals surface area contributed by atoms with E-state index >= 15 is 0 Å². The Morgan fingerprint density at radius 2 is 1.73 bits per heavy atom. The molecule has 1 aromatic heterocycles. The van der Waals surface area contributed by atoms with Gasteiger partial charge in [-0.05, 0) is 29.2 Å². The highest BCUT2D eigenvalue weighted by Gasteiger charge is 2.18. The Hall–Kier alpha value is -2.31. The fourth-order valence-electron chi connectivity index (χ4n) is 2.54. The molecule has 0 bridgehead atoms. The van der Waals surface area contributed by atoms with Gasteiger partial charge in [0, 0.05) is 6.20 Å². The minimum Gasteiger partial charge on any atom is -0.265 e. The van der Waals surface area contributed by atoms with E-state index in [0.717, 1.165) is 11.1 Å². The van der Waals surface area contributed by atoms with Gasteiger partial charge in [-0.25, -0.2) is 8.42 Å². The van der Waals surface area contributed by atoms with Crippen molar-refractivity contribution in [2.45, 2.75) is 31.2 Å². The number of hydrogen-bond acceptors (Lipinski definition) is 3. The highest BCUT2D eigenvalue weighted by molar-refractivity contribution is 7.92. The third kappa shape index (κ3) is 4.26. The molecule has 0 saturated heterocycles. The molecule has 136 valence electrons. The number of aromatic nitrogens is 2. The maximum Gasteiger partial charge on any atom is 0.263 e. The zero-order chi connectivity index (χ0) is 18.7. The van der Waals surface area contributed by atoms with Crippen LogP contribution in [0.15, 0.2) is 65.7 Å². The van der Waals surface area contributed by atoms with Gasteiger partial charge in [0.15, 0.2) is 5.82 Å². The van der Waals surface area contributed by atoms with E-state index in [0.29, 0.717) is 12.5 Å². The summed E-state index contributed by atoms with van der Waals surface area (Å²) in [6.07, 6.45) is 1.61. The van der Waals surface area contributed by atoms with Crippen LogP contribution in [0.4, 0.5) is 5.82 Å². The number of nitrogens with one attached hydrogen (secondary N) is 1. The first-order valence-electron chi connectivity index (χ1n) is 8.25. The summed E-state index contributed by atoms with van der Waals surface area (Å²) in [6.45, 7) is 4.62. The van der Waals surface area contributed by atoms with Crippen molar-refractivity contribution >= 4 is 27.4 Å². The van der Waals surface area contributed by atoms with Crippen molar-refractivity contribution < 1.29 is 8.42 Å². The van der Waals surface area contributed by atoms with Crippen LogP contribution in [-0.4, -0.2) is 18.2 Å². The number of halogens is 1. The smallest absolute Gasteiger partial charge is 0.263 e. The molecule has 0 unspecified atom stereocenters. The molecule has 0 aliphatic carbocycles. The second kappa shape index (κ2) is 7.51. The Balaban J connectivity index is 1.79. The molecule has 1 N–H and O–H groups in total. The second-order valence-corrected chi connectivity index (χ2v) is 8.43. The normalized spacial score (nSPS) is 11.7. The van der Waals surface area contributed by atoms with Crippen LogP contribution in [0.2, 0.25) is 5.02 Å². The fraction of sp³-hybridized carbons (Fsp3) is 0.211. The Kier molecular flexibility index (Phi) is 5.34. The first-order valence-corrected chi connectivity index (χ1v) is 10.1. The molecule has 5 nitrogen and oxygen atoms in total. The first-order chi connectivity index (χ1) is 12.3. The summed E-state index contributed by atoms with van der Waals surface area (Å²) < 4.78 is 29.2. The van der Waals surface area contributed by atoms with E-state index in [2.05, 4.69) is 23.7 Å². The van der Waals surface area contributed by atoms with Gasteiger partial charge in [0.25, 0.3) is 10.0 Å². The van der Waals surface area contributed by atoms with Gasteiger partial charge in [-0.15, -0.1) is 0 Å². The maximum atomic E-state index is 12.6. The third-order valence-electron chi connectivity index (χ3n) is 3.99. The van der Waals surface area contributed by atoms with Gasteiger partial charge in [-0.1, -0.05) is 67.9 Å². The molecule has 0 aliphatic heterocycles. The molecule has 1 heterocycles. The zero-order valence-corrected chi connectivity index (χ0v) is 16.1. The molecule has 0 amide bonds. The summed E-state index contributed by atoms with van der Waals surface area (Å²) in [4.78, 5) is 0.176. The Labute approximate surface area is 158 Å². The van der Waals surface area contributed by atoms with Gasteiger partial charge >= 0.3 is 0 Å². The van der Waals surface area contributed by atoms with Gasteiger partial charge < -0.3 is 0 Å². The van der Waals surface area contributed by atoms with E-state index in [1.165, 1.54) is 0 Å². The molecule has 7 heteroatoms.